The molecule has 94 valence electrons. The maximum absolute atomic E-state index is 2.33. The van der Waals surface area contributed by atoms with Crippen molar-refractivity contribution < 1.29 is 15.4 Å². The summed E-state index contributed by atoms with van der Waals surface area (Å²) in [5.41, 5.74) is 0. The number of rotatable bonds is 6. The van der Waals surface area contributed by atoms with E-state index < -0.39 is 0 Å². The number of hydrogen-bond donors (Lipinski definition) is 0. The van der Waals surface area contributed by atoms with Crippen molar-refractivity contribution >= 4 is 0 Å². The van der Waals surface area contributed by atoms with Gasteiger partial charge < -0.3 is 15.4 Å². The van der Waals surface area contributed by atoms with Gasteiger partial charge in [0.25, 0.3) is 0 Å². The minimum Gasteiger partial charge on any atom is -0.412 e. The van der Waals surface area contributed by atoms with E-state index in [9.17, 15) is 0 Å². The molecule has 1 rings (SSSR count). The van der Waals surface area contributed by atoms with Gasteiger partial charge in [-0.1, -0.05) is 20.3 Å². The molecule has 0 aromatic rings. The molecule has 3 nitrogen and oxygen atoms in total. The van der Waals surface area contributed by atoms with Crippen molar-refractivity contribution in [3.8, 4) is 0 Å². The highest BCUT2D eigenvalue weighted by Crippen LogP contribution is 2.21. The molecular formula is C12H30NO2+. The Labute approximate surface area is 94.7 Å². The molecule has 1 aliphatic heterocycles. The van der Waals surface area contributed by atoms with Crippen molar-refractivity contribution in [3.63, 3.8) is 0 Å². The van der Waals surface area contributed by atoms with Crippen molar-refractivity contribution in [2.24, 2.45) is 0 Å². The van der Waals surface area contributed by atoms with Crippen LogP contribution >= 0.6 is 0 Å². The Balaban J connectivity index is 0. The molecule has 0 aromatic heterocycles. The molecule has 0 unspecified atom stereocenters. The minimum absolute atomic E-state index is 0. The first-order chi connectivity index (χ1) is 6.33. The molecule has 1 aliphatic rings. The fourth-order valence-electron chi connectivity index (χ4n) is 2.74. The van der Waals surface area contributed by atoms with Crippen molar-refractivity contribution in [1.29, 1.82) is 0 Å². The summed E-state index contributed by atoms with van der Waals surface area (Å²) in [5.74, 6) is 0. The van der Waals surface area contributed by atoms with E-state index in [0.717, 1.165) is 0 Å². The van der Waals surface area contributed by atoms with Gasteiger partial charge in [-0.05, 0) is 19.3 Å². The minimum atomic E-state index is 0. The van der Waals surface area contributed by atoms with Crippen LogP contribution in [0.15, 0.2) is 0 Å². The first-order valence-electron chi connectivity index (χ1n) is 6.18. The molecule has 1 heterocycles. The average Bonchev–Trinajstić information content (AvgIpc) is 2.55. The van der Waals surface area contributed by atoms with Crippen LogP contribution in [0.3, 0.4) is 0 Å². The number of unbranched alkanes of at least 4 members (excludes halogenated alkanes) is 2. The van der Waals surface area contributed by atoms with Gasteiger partial charge in [0, 0.05) is 12.8 Å². The van der Waals surface area contributed by atoms with Gasteiger partial charge in [0.05, 0.1) is 26.2 Å². The SMILES string of the molecule is CCCCC[N+]1(CCC)CCCC1.O.O. The third kappa shape index (κ3) is 5.50. The molecular weight excluding hydrogens is 190 g/mol. The maximum Gasteiger partial charge on any atom is 0.0788 e. The lowest BCUT2D eigenvalue weighted by atomic mass is 10.2. The van der Waals surface area contributed by atoms with Crippen LogP contribution in [-0.2, 0) is 0 Å². The van der Waals surface area contributed by atoms with Gasteiger partial charge in [0.2, 0.25) is 0 Å². The first kappa shape index (κ1) is 17.3. The number of nitrogens with zero attached hydrogens (tertiary/aromatic N) is 1. The second-order valence-electron chi connectivity index (χ2n) is 4.65. The second-order valence-corrected chi connectivity index (χ2v) is 4.65. The predicted molar refractivity (Wildman–Crippen MR) is 66.0 cm³/mol. The van der Waals surface area contributed by atoms with E-state index in [4.69, 9.17) is 0 Å². The third-order valence-corrected chi connectivity index (χ3v) is 3.45. The molecule has 0 aromatic carbocycles. The summed E-state index contributed by atoms with van der Waals surface area (Å²) in [6.07, 6.45) is 8.58. The summed E-state index contributed by atoms with van der Waals surface area (Å²) in [7, 11) is 0. The van der Waals surface area contributed by atoms with E-state index in [1.165, 1.54) is 69.2 Å². The van der Waals surface area contributed by atoms with Crippen LogP contribution in [-0.4, -0.2) is 41.6 Å². The lowest BCUT2D eigenvalue weighted by molar-refractivity contribution is -0.917. The Bertz CT molecular complexity index is 134. The number of likely N-dealkylation sites (tertiary alicyclic amines) is 1. The summed E-state index contributed by atoms with van der Waals surface area (Å²) in [6, 6.07) is 0. The van der Waals surface area contributed by atoms with Crippen molar-refractivity contribution in [2.75, 3.05) is 26.2 Å². The molecule has 0 bridgehead atoms. The quantitative estimate of drug-likeness (QED) is 0.481. The fraction of sp³-hybridized carbons (Fsp3) is 1.00. The Morgan fingerprint density at radius 3 is 1.87 bits per heavy atom. The van der Waals surface area contributed by atoms with Gasteiger partial charge >= 0.3 is 0 Å². The molecule has 4 N–H and O–H groups in total. The van der Waals surface area contributed by atoms with E-state index in [1.807, 2.05) is 0 Å². The second kappa shape index (κ2) is 9.13. The van der Waals surface area contributed by atoms with Crippen LogP contribution in [0.2, 0.25) is 0 Å². The Morgan fingerprint density at radius 1 is 0.800 bits per heavy atom. The number of hydrogen-bond acceptors (Lipinski definition) is 0. The normalized spacial score (nSPS) is 18.0. The van der Waals surface area contributed by atoms with Crippen LogP contribution in [0.4, 0.5) is 0 Å². The van der Waals surface area contributed by atoms with Gasteiger partial charge in [-0.3, -0.25) is 0 Å². The number of quaternary nitrogens is 1. The standard InChI is InChI=1S/C12H26N.2H2O/c1-3-5-6-10-13(9-4-2)11-7-8-12-13;;/h3-12H2,1-2H3;2*1H2/q+1;;. The van der Waals surface area contributed by atoms with Crippen LogP contribution in [0.5, 0.6) is 0 Å². The molecule has 0 atom stereocenters. The molecule has 0 aliphatic carbocycles. The molecule has 0 spiro atoms. The van der Waals surface area contributed by atoms with Crippen LogP contribution in [0, 0.1) is 0 Å². The molecule has 1 fully saturated rings. The first-order valence-corrected chi connectivity index (χ1v) is 6.18. The van der Waals surface area contributed by atoms with E-state index in [1.54, 1.807) is 0 Å². The Kier molecular flexibility index (Phi) is 10.5. The largest absolute Gasteiger partial charge is 0.412 e. The van der Waals surface area contributed by atoms with Gasteiger partial charge in [-0.25, -0.2) is 0 Å². The molecule has 1 saturated heterocycles. The zero-order chi connectivity index (χ0) is 9.57. The summed E-state index contributed by atoms with van der Waals surface area (Å²) in [6.45, 7) is 10.5. The van der Waals surface area contributed by atoms with Crippen molar-refractivity contribution in [2.45, 2.75) is 52.4 Å². The molecule has 0 saturated carbocycles. The van der Waals surface area contributed by atoms with E-state index >= 15 is 0 Å². The summed E-state index contributed by atoms with van der Waals surface area (Å²) >= 11 is 0. The topological polar surface area (TPSA) is 63.0 Å². The zero-order valence-electron chi connectivity index (χ0n) is 10.5. The average molecular weight is 220 g/mol. The van der Waals surface area contributed by atoms with Crippen LogP contribution < -0.4 is 0 Å². The highest BCUT2D eigenvalue weighted by atomic mass is 16.0. The van der Waals surface area contributed by atoms with E-state index in [0.29, 0.717) is 0 Å². The molecule has 3 heteroatoms. The highest BCUT2D eigenvalue weighted by molar-refractivity contribution is 4.55. The Morgan fingerprint density at radius 2 is 1.40 bits per heavy atom. The zero-order valence-corrected chi connectivity index (χ0v) is 10.5. The molecule has 0 amide bonds. The van der Waals surface area contributed by atoms with Crippen LogP contribution in [0.1, 0.15) is 52.4 Å². The van der Waals surface area contributed by atoms with E-state index in [2.05, 4.69) is 13.8 Å². The van der Waals surface area contributed by atoms with Gasteiger partial charge in [0.1, 0.15) is 0 Å². The fourth-order valence-corrected chi connectivity index (χ4v) is 2.74. The molecule has 15 heavy (non-hydrogen) atoms. The predicted octanol–water partition coefficient (Wildman–Crippen LogP) is 1.55. The van der Waals surface area contributed by atoms with E-state index in [-0.39, 0.29) is 11.0 Å². The highest BCUT2D eigenvalue weighted by Gasteiger charge is 2.29. The molecule has 0 radical (unpaired) electrons. The van der Waals surface area contributed by atoms with Gasteiger partial charge in [-0.2, -0.15) is 0 Å². The smallest absolute Gasteiger partial charge is 0.0788 e. The lowest BCUT2D eigenvalue weighted by Gasteiger charge is -2.34. The van der Waals surface area contributed by atoms with Gasteiger partial charge in [-0.15, -0.1) is 0 Å². The Hall–Kier alpha value is -0.120. The third-order valence-electron chi connectivity index (χ3n) is 3.45. The van der Waals surface area contributed by atoms with Crippen molar-refractivity contribution in [1.82, 2.24) is 0 Å². The van der Waals surface area contributed by atoms with Crippen molar-refractivity contribution in [3.05, 3.63) is 0 Å². The summed E-state index contributed by atoms with van der Waals surface area (Å²) in [4.78, 5) is 0. The summed E-state index contributed by atoms with van der Waals surface area (Å²) < 4.78 is 1.45. The lowest BCUT2D eigenvalue weighted by Crippen LogP contribution is -2.46. The summed E-state index contributed by atoms with van der Waals surface area (Å²) in [5, 5.41) is 0. The monoisotopic (exact) mass is 220 g/mol. The maximum atomic E-state index is 2.33. The van der Waals surface area contributed by atoms with Gasteiger partial charge in [0.15, 0.2) is 0 Å². The van der Waals surface area contributed by atoms with Crippen LogP contribution in [0.25, 0.3) is 0 Å².